The summed E-state index contributed by atoms with van der Waals surface area (Å²) in [6, 6.07) is 3.55. The molecule has 1 unspecified atom stereocenters. The second-order valence-corrected chi connectivity index (χ2v) is 4.61. The third-order valence-corrected chi connectivity index (χ3v) is 3.42. The van der Waals surface area contributed by atoms with Crippen molar-refractivity contribution in [1.82, 2.24) is 0 Å². The van der Waals surface area contributed by atoms with Crippen molar-refractivity contribution in [3.05, 3.63) is 27.7 Å². The van der Waals surface area contributed by atoms with E-state index in [0.29, 0.717) is 15.8 Å². The third-order valence-electron chi connectivity index (χ3n) is 2.81. The van der Waals surface area contributed by atoms with Crippen LogP contribution in [0.15, 0.2) is 12.1 Å². The first-order valence-corrected chi connectivity index (χ1v) is 5.50. The Morgan fingerprint density at radius 2 is 2.00 bits per heavy atom. The van der Waals surface area contributed by atoms with Crippen molar-refractivity contribution in [3.8, 4) is 5.75 Å². The van der Waals surface area contributed by atoms with Gasteiger partial charge in [0.1, 0.15) is 5.75 Å². The molecular formula is C11H12Cl2O2. The maximum Gasteiger partial charge on any atom is 0.138 e. The number of benzene rings is 1. The Morgan fingerprint density at radius 3 is 2.47 bits per heavy atom. The van der Waals surface area contributed by atoms with E-state index >= 15 is 0 Å². The fourth-order valence-electron chi connectivity index (χ4n) is 1.71. The highest BCUT2D eigenvalue weighted by molar-refractivity contribution is 6.34. The van der Waals surface area contributed by atoms with Crippen LogP contribution in [-0.4, -0.2) is 13.7 Å². The molecule has 1 aliphatic rings. The molecule has 0 amide bonds. The second-order valence-electron chi connectivity index (χ2n) is 3.80. The Hall–Kier alpha value is -0.440. The van der Waals surface area contributed by atoms with Gasteiger partial charge < -0.3 is 9.47 Å². The van der Waals surface area contributed by atoms with Gasteiger partial charge in [0.25, 0.3) is 0 Å². The van der Waals surface area contributed by atoms with E-state index in [4.69, 9.17) is 32.7 Å². The van der Waals surface area contributed by atoms with Crippen molar-refractivity contribution in [1.29, 1.82) is 0 Å². The van der Waals surface area contributed by atoms with Crippen LogP contribution in [0.4, 0.5) is 0 Å². The summed E-state index contributed by atoms with van der Waals surface area (Å²) in [5, 5.41) is 1.20. The Labute approximate surface area is 99.1 Å². The molecule has 0 bridgehead atoms. The van der Waals surface area contributed by atoms with Gasteiger partial charge in [-0.3, -0.25) is 0 Å². The van der Waals surface area contributed by atoms with E-state index in [1.165, 1.54) is 0 Å². The lowest BCUT2D eigenvalue weighted by Crippen LogP contribution is -2.37. The van der Waals surface area contributed by atoms with E-state index in [9.17, 15) is 0 Å². The Bertz CT molecular complexity index is 386. The van der Waals surface area contributed by atoms with Crippen molar-refractivity contribution < 1.29 is 9.47 Å². The first kappa shape index (κ1) is 11.1. The van der Waals surface area contributed by atoms with Gasteiger partial charge in [0.15, 0.2) is 0 Å². The maximum absolute atomic E-state index is 6.16. The minimum absolute atomic E-state index is 0.285. The molecule has 0 aromatic heterocycles. The average Bonchev–Trinajstić information content (AvgIpc) is 2.17. The first-order chi connectivity index (χ1) is 7.07. The summed E-state index contributed by atoms with van der Waals surface area (Å²) in [5.41, 5.74) is 0.647. The molecule has 4 heteroatoms. The highest BCUT2D eigenvalue weighted by Crippen LogP contribution is 2.43. The molecule has 0 saturated carbocycles. The van der Waals surface area contributed by atoms with Gasteiger partial charge in [0, 0.05) is 18.1 Å². The van der Waals surface area contributed by atoms with Crippen molar-refractivity contribution in [2.75, 3.05) is 13.7 Å². The fourth-order valence-corrected chi connectivity index (χ4v) is 2.31. The van der Waals surface area contributed by atoms with E-state index in [-0.39, 0.29) is 5.60 Å². The van der Waals surface area contributed by atoms with Crippen molar-refractivity contribution in [3.63, 3.8) is 0 Å². The van der Waals surface area contributed by atoms with Crippen LogP contribution in [0.25, 0.3) is 0 Å². The third kappa shape index (κ3) is 1.82. The maximum atomic E-state index is 6.16. The Morgan fingerprint density at radius 1 is 1.33 bits per heavy atom. The molecule has 1 aromatic carbocycles. The number of hydrogen-bond donors (Lipinski definition) is 0. The van der Waals surface area contributed by atoms with Crippen LogP contribution in [0.1, 0.15) is 18.9 Å². The minimum atomic E-state index is -0.285. The van der Waals surface area contributed by atoms with Gasteiger partial charge >= 0.3 is 0 Å². The molecule has 1 aromatic rings. The fraction of sp³-hybridized carbons (Fsp3) is 0.455. The van der Waals surface area contributed by atoms with E-state index < -0.39 is 0 Å². The summed E-state index contributed by atoms with van der Waals surface area (Å²) >= 11 is 12.2. The highest BCUT2D eigenvalue weighted by Gasteiger charge is 2.37. The smallest absolute Gasteiger partial charge is 0.138 e. The largest absolute Gasteiger partial charge is 0.495 e. The lowest BCUT2D eigenvalue weighted by atomic mass is 9.88. The molecule has 0 N–H and O–H groups in total. The molecular weight excluding hydrogens is 235 g/mol. The number of rotatable bonds is 2. The zero-order valence-electron chi connectivity index (χ0n) is 8.64. The quantitative estimate of drug-likeness (QED) is 0.794. The monoisotopic (exact) mass is 246 g/mol. The summed E-state index contributed by atoms with van der Waals surface area (Å²) in [6.45, 7) is 2.79. The summed E-state index contributed by atoms with van der Waals surface area (Å²) in [6.07, 6.45) is 0.968. The molecule has 1 heterocycles. The Kier molecular flexibility index (Phi) is 2.84. The van der Waals surface area contributed by atoms with E-state index in [1.807, 2.05) is 13.0 Å². The molecule has 15 heavy (non-hydrogen) atoms. The zero-order chi connectivity index (χ0) is 11.1. The van der Waals surface area contributed by atoms with Crippen molar-refractivity contribution in [2.45, 2.75) is 18.9 Å². The molecule has 1 aliphatic heterocycles. The standard InChI is InChI=1S/C11H12Cl2O2/c1-11(3-4-15-11)7-5-9(13)10(14-2)6-8(7)12/h5-6H,3-4H2,1-2H3. The topological polar surface area (TPSA) is 18.5 Å². The van der Waals surface area contributed by atoms with Gasteiger partial charge in [0.05, 0.1) is 29.4 Å². The normalized spacial score (nSPS) is 24.8. The lowest BCUT2D eigenvalue weighted by molar-refractivity contribution is -0.140. The van der Waals surface area contributed by atoms with Gasteiger partial charge in [-0.05, 0) is 13.0 Å². The molecule has 1 fully saturated rings. The summed E-state index contributed by atoms with van der Waals surface area (Å²) in [5.74, 6) is 0.591. The predicted molar refractivity (Wildman–Crippen MR) is 60.9 cm³/mol. The summed E-state index contributed by atoms with van der Waals surface area (Å²) < 4.78 is 10.6. The van der Waals surface area contributed by atoms with Crippen LogP contribution in [-0.2, 0) is 10.3 Å². The average molecular weight is 247 g/mol. The van der Waals surface area contributed by atoms with Crippen LogP contribution < -0.4 is 4.74 Å². The summed E-state index contributed by atoms with van der Waals surface area (Å²) in [7, 11) is 1.57. The van der Waals surface area contributed by atoms with E-state index in [2.05, 4.69) is 0 Å². The molecule has 2 rings (SSSR count). The highest BCUT2D eigenvalue weighted by atomic mass is 35.5. The van der Waals surface area contributed by atoms with E-state index in [0.717, 1.165) is 18.6 Å². The molecule has 0 spiro atoms. The van der Waals surface area contributed by atoms with Gasteiger partial charge in [-0.15, -0.1) is 0 Å². The number of hydrogen-bond acceptors (Lipinski definition) is 2. The second kappa shape index (κ2) is 3.85. The predicted octanol–water partition coefficient (Wildman–Crippen LogP) is 3.64. The molecule has 2 nitrogen and oxygen atoms in total. The van der Waals surface area contributed by atoms with Gasteiger partial charge in [-0.1, -0.05) is 23.2 Å². The SMILES string of the molecule is COc1cc(Cl)c(C2(C)CCO2)cc1Cl. The number of ether oxygens (including phenoxy) is 2. The van der Waals surface area contributed by atoms with Gasteiger partial charge in [-0.2, -0.15) is 0 Å². The van der Waals surface area contributed by atoms with Crippen LogP contribution in [0.2, 0.25) is 10.0 Å². The number of halogens is 2. The molecule has 0 aliphatic carbocycles. The minimum Gasteiger partial charge on any atom is -0.495 e. The lowest BCUT2D eigenvalue weighted by Gasteiger charge is -2.39. The van der Waals surface area contributed by atoms with Crippen LogP contribution >= 0.6 is 23.2 Å². The number of methoxy groups -OCH3 is 1. The summed E-state index contributed by atoms with van der Waals surface area (Å²) in [4.78, 5) is 0. The molecule has 0 radical (unpaired) electrons. The molecule has 1 saturated heterocycles. The van der Waals surface area contributed by atoms with Gasteiger partial charge in [0.2, 0.25) is 0 Å². The first-order valence-electron chi connectivity index (χ1n) is 4.74. The van der Waals surface area contributed by atoms with Crippen LogP contribution in [0.5, 0.6) is 5.75 Å². The van der Waals surface area contributed by atoms with Crippen molar-refractivity contribution in [2.24, 2.45) is 0 Å². The van der Waals surface area contributed by atoms with Crippen LogP contribution in [0.3, 0.4) is 0 Å². The zero-order valence-corrected chi connectivity index (χ0v) is 10.2. The van der Waals surface area contributed by atoms with E-state index in [1.54, 1.807) is 13.2 Å². The Balaban J connectivity index is 2.45. The molecule has 82 valence electrons. The van der Waals surface area contributed by atoms with Gasteiger partial charge in [-0.25, -0.2) is 0 Å². The van der Waals surface area contributed by atoms with Crippen LogP contribution in [0, 0.1) is 0 Å². The van der Waals surface area contributed by atoms with Crippen molar-refractivity contribution >= 4 is 23.2 Å². The molecule has 1 atom stereocenters.